The lowest BCUT2D eigenvalue weighted by atomic mass is 10.0. The van der Waals surface area contributed by atoms with Crippen molar-refractivity contribution in [3.8, 4) is 5.75 Å². The number of hydrogen-bond acceptors (Lipinski definition) is 3. The van der Waals surface area contributed by atoms with E-state index in [0.29, 0.717) is 39.0 Å². The Balaban J connectivity index is 1.30. The van der Waals surface area contributed by atoms with Gasteiger partial charge in [0.1, 0.15) is 5.75 Å². The molecule has 172 valence electrons. The zero-order valence-electron chi connectivity index (χ0n) is 19.7. The Kier molecular flexibility index (Phi) is 8.72. The first-order chi connectivity index (χ1) is 15.4. The number of nitrogens with one attached hydrogen (secondary N) is 1. The first-order valence-corrected chi connectivity index (χ1v) is 11.7. The van der Waals surface area contributed by atoms with E-state index in [2.05, 4.69) is 36.5 Å². The SMILES string of the molecule is Cc1ccc(CCC(=O)N2CCC(NC(=O)CCCOc3c(C)cccc3C)CC2)cc1. The van der Waals surface area contributed by atoms with Crippen LogP contribution in [0, 0.1) is 20.8 Å². The molecule has 0 aliphatic carbocycles. The van der Waals surface area contributed by atoms with Crippen LogP contribution in [0.15, 0.2) is 42.5 Å². The molecule has 0 unspecified atom stereocenters. The van der Waals surface area contributed by atoms with E-state index in [4.69, 9.17) is 4.74 Å². The van der Waals surface area contributed by atoms with Crippen LogP contribution in [0.2, 0.25) is 0 Å². The molecule has 0 saturated carbocycles. The van der Waals surface area contributed by atoms with Crippen LogP contribution in [-0.4, -0.2) is 42.5 Å². The Morgan fingerprint density at radius 1 is 0.969 bits per heavy atom. The zero-order valence-corrected chi connectivity index (χ0v) is 19.7. The largest absolute Gasteiger partial charge is 0.493 e. The Labute approximate surface area is 192 Å². The van der Waals surface area contributed by atoms with Crippen LogP contribution < -0.4 is 10.1 Å². The van der Waals surface area contributed by atoms with E-state index in [9.17, 15) is 9.59 Å². The standard InChI is InChI=1S/C27H36N2O3/c1-20-9-11-23(12-10-20)13-14-26(31)29-17-15-24(16-18-29)28-25(30)8-5-19-32-27-21(2)6-4-7-22(27)3/h4,6-7,9-12,24H,5,8,13-19H2,1-3H3,(H,28,30). The maximum absolute atomic E-state index is 12.5. The van der Waals surface area contributed by atoms with Gasteiger partial charge < -0.3 is 15.0 Å². The third-order valence-electron chi connectivity index (χ3n) is 6.16. The van der Waals surface area contributed by atoms with Crippen LogP contribution in [0.4, 0.5) is 0 Å². The van der Waals surface area contributed by atoms with Gasteiger partial charge >= 0.3 is 0 Å². The zero-order chi connectivity index (χ0) is 22.9. The fourth-order valence-corrected chi connectivity index (χ4v) is 4.17. The van der Waals surface area contributed by atoms with Gasteiger partial charge in [-0.1, -0.05) is 48.0 Å². The van der Waals surface area contributed by atoms with Crippen molar-refractivity contribution in [1.29, 1.82) is 0 Å². The van der Waals surface area contributed by atoms with Gasteiger partial charge in [0.2, 0.25) is 11.8 Å². The van der Waals surface area contributed by atoms with Crippen molar-refractivity contribution in [1.82, 2.24) is 10.2 Å². The molecule has 2 amide bonds. The fraction of sp³-hybridized carbons (Fsp3) is 0.481. The van der Waals surface area contributed by atoms with Crippen LogP contribution in [0.3, 0.4) is 0 Å². The van der Waals surface area contributed by atoms with Crippen LogP contribution in [0.5, 0.6) is 5.75 Å². The average Bonchev–Trinajstić information content (AvgIpc) is 2.78. The molecule has 1 N–H and O–H groups in total. The van der Waals surface area contributed by atoms with Crippen molar-refractivity contribution in [2.24, 2.45) is 0 Å². The molecule has 1 aliphatic heterocycles. The second kappa shape index (κ2) is 11.7. The minimum atomic E-state index is 0.0688. The van der Waals surface area contributed by atoms with E-state index in [1.807, 2.05) is 36.9 Å². The first kappa shape index (κ1) is 23.8. The number of rotatable bonds is 9. The Hall–Kier alpha value is -2.82. The molecule has 0 bridgehead atoms. The summed E-state index contributed by atoms with van der Waals surface area (Å²) in [6.45, 7) is 8.11. The molecule has 5 nitrogen and oxygen atoms in total. The minimum Gasteiger partial charge on any atom is -0.493 e. The highest BCUT2D eigenvalue weighted by atomic mass is 16.5. The summed E-state index contributed by atoms with van der Waals surface area (Å²) in [5.74, 6) is 1.20. The van der Waals surface area contributed by atoms with Crippen LogP contribution in [0.1, 0.15) is 54.4 Å². The van der Waals surface area contributed by atoms with Gasteiger partial charge in [0.25, 0.3) is 0 Å². The van der Waals surface area contributed by atoms with Crippen LogP contribution in [-0.2, 0) is 16.0 Å². The molecular weight excluding hydrogens is 400 g/mol. The summed E-state index contributed by atoms with van der Waals surface area (Å²) in [6.07, 6.45) is 4.11. The number of amides is 2. The van der Waals surface area contributed by atoms with Gasteiger partial charge in [0.15, 0.2) is 0 Å². The third kappa shape index (κ3) is 7.11. The Bertz CT molecular complexity index is 879. The summed E-state index contributed by atoms with van der Waals surface area (Å²) < 4.78 is 5.88. The maximum Gasteiger partial charge on any atom is 0.222 e. The van der Waals surface area contributed by atoms with E-state index >= 15 is 0 Å². The number of nitrogens with zero attached hydrogens (tertiary/aromatic N) is 1. The van der Waals surface area contributed by atoms with E-state index in [1.165, 1.54) is 11.1 Å². The minimum absolute atomic E-state index is 0.0688. The van der Waals surface area contributed by atoms with Crippen LogP contribution >= 0.6 is 0 Å². The number of carbonyl (C=O) groups excluding carboxylic acids is 2. The molecule has 0 radical (unpaired) electrons. The van der Waals surface area contributed by atoms with E-state index in [1.54, 1.807) is 0 Å². The number of carbonyl (C=O) groups is 2. The number of ether oxygens (including phenoxy) is 1. The molecule has 1 saturated heterocycles. The lowest BCUT2D eigenvalue weighted by Crippen LogP contribution is -2.46. The van der Waals surface area contributed by atoms with Crippen molar-refractivity contribution in [2.75, 3.05) is 19.7 Å². The first-order valence-electron chi connectivity index (χ1n) is 11.7. The number of para-hydroxylation sites is 1. The topological polar surface area (TPSA) is 58.6 Å². The summed E-state index contributed by atoms with van der Waals surface area (Å²) in [7, 11) is 0. The second-order valence-electron chi connectivity index (χ2n) is 8.88. The van der Waals surface area contributed by atoms with E-state index in [0.717, 1.165) is 36.1 Å². The normalized spacial score (nSPS) is 14.3. The predicted molar refractivity (Wildman–Crippen MR) is 128 cm³/mol. The quantitative estimate of drug-likeness (QED) is 0.589. The Morgan fingerprint density at radius 3 is 2.28 bits per heavy atom. The van der Waals surface area contributed by atoms with E-state index in [-0.39, 0.29) is 17.9 Å². The average molecular weight is 437 g/mol. The molecule has 2 aromatic carbocycles. The van der Waals surface area contributed by atoms with Gasteiger partial charge in [-0.25, -0.2) is 0 Å². The molecule has 1 aliphatic rings. The lowest BCUT2D eigenvalue weighted by Gasteiger charge is -2.32. The Morgan fingerprint density at radius 2 is 1.62 bits per heavy atom. The molecule has 3 rings (SSSR count). The molecule has 1 heterocycles. The summed E-state index contributed by atoms with van der Waals surface area (Å²) in [6, 6.07) is 14.6. The van der Waals surface area contributed by atoms with Crippen LogP contribution in [0.25, 0.3) is 0 Å². The molecule has 1 fully saturated rings. The molecule has 5 heteroatoms. The molecule has 32 heavy (non-hydrogen) atoms. The second-order valence-corrected chi connectivity index (χ2v) is 8.88. The number of piperidine rings is 1. The number of benzene rings is 2. The highest BCUT2D eigenvalue weighted by Gasteiger charge is 2.23. The lowest BCUT2D eigenvalue weighted by molar-refractivity contribution is -0.132. The molecule has 0 spiro atoms. The maximum atomic E-state index is 12.5. The molecule has 0 aromatic heterocycles. The summed E-state index contributed by atoms with van der Waals surface area (Å²) in [4.78, 5) is 26.8. The van der Waals surface area contributed by atoms with Crippen molar-refractivity contribution in [2.45, 2.75) is 65.3 Å². The highest BCUT2D eigenvalue weighted by Crippen LogP contribution is 2.22. The van der Waals surface area contributed by atoms with Gasteiger partial charge in [0, 0.05) is 32.0 Å². The third-order valence-corrected chi connectivity index (χ3v) is 6.16. The smallest absolute Gasteiger partial charge is 0.222 e. The highest BCUT2D eigenvalue weighted by molar-refractivity contribution is 5.77. The summed E-state index contributed by atoms with van der Waals surface area (Å²) in [5.41, 5.74) is 4.68. The van der Waals surface area contributed by atoms with Crippen molar-refractivity contribution < 1.29 is 14.3 Å². The van der Waals surface area contributed by atoms with Crippen molar-refractivity contribution >= 4 is 11.8 Å². The number of likely N-dealkylation sites (tertiary alicyclic amines) is 1. The summed E-state index contributed by atoms with van der Waals surface area (Å²) >= 11 is 0. The van der Waals surface area contributed by atoms with E-state index < -0.39 is 0 Å². The molecule has 0 atom stereocenters. The molecular formula is C27H36N2O3. The number of aryl methyl sites for hydroxylation is 4. The van der Waals surface area contributed by atoms with Gasteiger partial charge in [-0.15, -0.1) is 0 Å². The van der Waals surface area contributed by atoms with Crippen molar-refractivity contribution in [3.63, 3.8) is 0 Å². The van der Waals surface area contributed by atoms with Gasteiger partial charge in [-0.05, 0) is 63.1 Å². The molecule has 2 aromatic rings. The van der Waals surface area contributed by atoms with Gasteiger partial charge in [-0.2, -0.15) is 0 Å². The van der Waals surface area contributed by atoms with Crippen molar-refractivity contribution in [3.05, 3.63) is 64.7 Å². The number of hydrogen-bond donors (Lipinski definition) is 1. The van der Waals surface area contributed by atoms with Gasteiger partial charge in [-0.3, -0.25) is 9.59 Å². The summed E-state index contributed by atoms with van der Waals surface area (Å²) in [5, 5.41) is 3.13. The fourth-order valence-electron chi connectivity index (χ4n) is 4.17. The van der Waals surface area contributed by atoms with Gasteiger partial charge in [0.05, 0.1) is 6.61 Å². The predicted octanol–water partition coefficient (Wildman–Crippen LogP) is 4.51. The monoisotopic (exact) mass is 436 g/mol.